The number of nitrogens with zero attached hydrogens (tertiary/aromatic N) is 1. The lowest BCUT2D eigenvalue weighted by atomic mass is 9.76. The molecule has 0 unspecified atom stereocenters. The molecule has 1 aromatic carbocycles. The predicted molar refractivity (Wildman–Crippen MR) is 133 cm³/mol. The molecule has 2 amide bonds. The molecule has 4 rings (SSSR count). The van der Waals surface area contributed by atoms with E-state index < -0.39 is 17.7 Å². The van der Waals surface area contributed by atoms with Crippen LogP contribution >= 0.6 is 11.3 Å². The number of nitrogens with one attached hydrogen (secondary N) is 1. The maximum atomic E-state index is 13.6. The van der Waals surface area contributed by atoms with Crippen molar-refractivity contribution in [2.75, 3.05) is 19.0 Å². The van der Waals surface area contributed by atoms with Crippen molar-refractivity contribution in [3.05, 3.63) is 29.1 Å². The van der Waals surface area contributed by atoms with Gasteiger partial charge in [-0.3, -0.25) is 9.69 Å². The molecule has 2 atom stereocenters. The molecule has 1 saturated heterocycles. The molecular formula is C26H34N2O5S. The maximum Gasteiger partial charge on any atom is 0.410 e. The number of carbonyl (C=O) groups is 3. The number of anilines is 1. The Hall–Kier alpha value is -2.61. The largest absolute Gasteiger partial charge is 0.465 e. The predicted octanol–water partition coefficient (Wildman–Crippen LogP) is 5.83. The van der Waals surface area contributed by atoms with Crippen molar-refractivity contribution in [1.29, 1.82) is 0 Å². The van der Waals surface area contributed by atoms with Crippen molar-refractivity contribution in [2.45, 2.75) is 70.9 Å². The number of hydrogen-bond donors (Lipinski definition) is 1. The Kier molecular flexibility index (Phi) is 7.17. The van der Waals surface area contributed by atoms with Gasteiger partial charge in [-0.25, -0.2) is 9.59 Å². The van der Waals surface area contributed by atoms with Crippen molar-refractivity contribution in [2.24, 2.45) is 11.8 Å². The third-order valence-electron chi connectivity index (χ3n) is 6.77. The van der Waals surface area contributed by atoms with Crippen molar-refractivity contribution in [3.8, 4) is 0 Å². The summed E-state index contributed by atoms with van der Waals surface area (Å²) in [6.07, 6.45) is 6.19. The number of ether oxygens (including phenoxy) is 2. The van der Waals surface area contributed by atoms with E-state index in [1.54, 1.807) is 11.0 Å². The number of hydrogen-bond acceptors (Lipinski definition) is 6. The van der Waals surface area contributed by atoms with Gasteiger partial charge in [0, 0.05) is 16.9 Å². The molecule has 2 fully saturated rings. The number of benzene rings is 1. The van der Waals surface area contributed by atoms with E-state index >= 15 is 0 Å². The summed E-state index contributed by atoms with van der Waals surface area (Å²) in [5.41, 5.74) is 0.0210. The lowest BCUT2D eigenvalue weighted by molar-refractivity contribution is -0.122. The summed E-state index contributed by atoms with van der Waals surface area (Å²) in [6, 6.07) is 6.80. The Balaban J connectivity index is 1.57. The number of amides is 2. The SMILES string of the molecule is COC(=O)c1cc2cc(NC(=O)[C@@H]3[C@H](C4CCCCC4)CCN3C(=O)OC(C)(C)C)ccc2s1. The van der Waals surface area contributed by atoms with Crippen LogP contribution in [-0.2, 0) is 14.3 Å². The van der Waals surface area contributed by atoms with Crippen LogP contribution < -0.4 is 5.32 Å². The Morgan fingerprint density at radius 2 is 1.79 bits per heavy atom. The van der Waals surface area contributed by atoms with Gasteiger partial charge in [0.25, 0.3) is 0 Å². The molecule has 34 heavy (non-hydrogen) atoms. The highest BCUT2D eigenvalue weighted by Crippen LogP contribution is 2.40. The third-order valence-corrected chi connectivity index (χ3v) is 7.86. The highest BCUT2D eigenvalue weighted by atomic mass is 32.1. The average molecular weight is 487 g/mol. The van der Waals surface area contributed by atoms with Crippen LogP contribution in [0.1, 0.15) is 69.0 Å². The van der Waals surface area contributed by atoms with Crippen molar-refractivity contribution in [3.63, 3.8) is 0 Å². The maximum absolute atomic E-state index is 13.6. The molecule has 0 radical (unpaired) electrons. The molecule has 2 aliphatic rings. The molecular weight excluding hydrogens is 452 g/mol. The molecule has 1 saturated carbocycles. The van der Waals surface area contributed by atoms with E-state index in [0.29, 0.717) is 23.0 Å². The molecule has 2 heterocycles. The Labute approximate surface area is 204 Å². The summed E-state index contributed by atoms with van der Waals surface area (Å²) in [6.45, 7) is 6.05. The minimum absolute atomic E-state index is 0.128. The highest BCUT2D eigenvalue weighted by Gasteiger charge is 2.46. The minimum Gasteiger partial charge on any atom is -0.465 e. The number of rotatable bonds is 4. The summed E-state index contributed by atoms with van der Waals surface area (Å²) in [7, 11) is 1.36. The van der Waals surface area contributed by atoms with E-state index in [-0.39, 0.29) is 17.8 Å². The quantitative estimate of drug-likeness (QED) is 0.550. The Morgan fingerprint density at radius 3 is 2.47 bits per heavy atom. The zero-order chi connectivity index (χ0) is 24.5. The van der Waals surface area contributed by atoms with Gasteiger partial charge >= 0.3 is 12.1 Å². The van der Waals surface area contributed by atoms with E-state index in [0.717, 1.165) is 29.3 Å². The van der Waals surface area contributed by atoms with Crippen LogP contribution in [-0.4, -0.2) is 48.2 Å². The number of esters is 1. The van der Waals surface area contributed by atoms with Gasteiger partial charge in [0.05, 0.1) is 7.11 Å². The van der Waals surface area contributed by atoms with Crippen LogP contribution in [0, 0.1) is 11.8 Å². The van der Waals surface area contributed by atoms with Gasteiger partial charge in [-0.2, -0.15) is 0 Å². The Morgan fingerprint density at radius 1 is 1.06 bits per heavy atom. The third kappa shape index (κ3) is 5.37. The first kappa shape index (κ1) is 24.5. The summed E-state index contributed by atoms with van der Waals surface area (Å²) in [5.74, 6) is 0.0188. The van der Waals surface area contributed by atoms with Gasteiger partial charge in [0.1, 0.15) is 16.5 Å². The fourth-order valence-electron chi connectivity index (χ4n) is 5.27. The topological polar surface area (TPSA) is 84.9 Å². The van der Waals surface area contributed by atoms with Gasteiger partial charge < -0.3 is 14.8 Å². The van der Waals surface area contributed by atoms with Crippen LogP contribution in [0.5, 0.6) is 0 Å². The highest BCUT2D eigenvalue weighted by molar-refractivity contribution is 7.20. The van der Waals surface area contributed by atoms with E-state index in [2.05, 4.69) is 5.32 Å². The monoisotopic (exact) mass is 486 g/mol. The minimum atomic E-state index is -0.623. The van der Waals surface area contributed by atoms with Crippen molar-refractivity contribution in [1.82, 2.24) is 4.90 Å². The summed E-state index contributed by atoms with van der Waals surface area (Å²) >= 11 is 1.35. The molecule has 1 aliphatic heterocycles. The summed E-state index contributed by atoms with van der Waals surface area (Å²) in [4.78, 5) is 40.6. The fraction of sp³-hybridized carbons (Fsp3) is 0.577. The number of thiophene rings is 1. The van der Waals surface area contributed by atoms with E-state index in [1.165, 1.54) is 37.7 Å². The van der Waals surface area contributed by atoms with Gasteiger partial charge in [-0.1, -0.05) is 32.1 Å². The molecule has 0 bridgehead atoms. The summed E-state index contributed by atoms with van der Waals surface area (Å²) in [5, 5.41) is 3.91. The van der Waals surface area contributed by atoms with E-state index in [9.17, 15) is 14.4 Å². The number of methoxy groups -OCH3 is 1. The van der Waals surface area contributed by atoms with E-state index in [4.69, 9.17) is 9.47 Å². The molecule has 1 N–H and O–H groups in total. The van der Waals surface area contributed by atoms with Gasteiger partial charge in [-0.15, -0.1) is 11.3 Å². The van der Waals surface area contributed by atoms with Crippen LogP contribution in [0.4, 0.5) is 10.5 Å². The lowest BCUT2D eigenvalue weighted by Crippen LogP contribution is -2.49. The van der Waals surface area contributed by atoms with Gasteiger partial charge in [0.15, 0.2) is 0 Å². The molecule has 0 spiro atoms. The first-order valence-electron chi connectivity index (χ1n) is 12.1. The van der Waals surface area contributed by atoms with Crippen LogP contribution in [0.25, 0.3) is 10.1 Å². The van der Waals surface area contributed by atoms with E-state index in [1.807, 2.05) is 39.0 Å². The summed E-state index contributed by atoms with van der Waals surface area (Å²) < 4.78 is 11.4. The molecule has 7 nitrogen and oxygen atoms in total. The zero-order valence-electron chi connectivity index (χ0n) is 20.4. The Bertz CT molecular complexity index is 1070. The fourth-order valence-corrected chi connectivity index (χ4v) is 6.23. The zero-order valence-corrected chi connectivity index (χ0v) is 21.2. The normalized spacial score (nSPS) is 21.5. The van der Waals surface area contributed by atoms with Crippen LogP contribution in [0.2, 0.25) is 0 Å². The first-order valence-corrected chi connectivity index (χ1v) is 12.9. The second kappa shape index (κ2) is 9.94. The first-order chi connectivity index (χ1) is 16.2. The lowest BCUT2D eigenvalue weighted by Gasteiger charge is -2.34. The molecule has 8 heteroatoms. The molecule has 184 valence electrons. The smallest absolute Gasteiger partial charge is 0.410 e. The second-order valence-corrected chi connectivity index (χ2v) is 11.4. The molecule has 1 aliphatic carbocycles. The van der Waals surface area contributed by atoms with Crippen molar-refractivity contribution >= 4 is 45.1 Å². The molecule has 2 aromatic rings. The number of fused-ring (bicyclic) bond motifs is 1. The standard InChI is InChI=1S/C26H34N2O5S/c1-26(2,3)33-25(31)28-13-12-19(16-8-6-5-7-9-16)22(28)23(29)27-18-10-11-20-17(14-18)15-21(34-20)24(30)32-4/h10-11,14-16,19,22H,5-9,12-13H2,1-4H3,(H,27,29)/t19-,22-/m0/s1. The van der Waals surface area contributed by atoms with Gasteiger partial charge in [-0.05, 0) is 68.7 Å². The van der Waals surface area contributed by atoms with Crippen LogP contribution in [0.15, 0.2) is 24.3 Å². The number of likely N-dealkylation sites (tertiary alicyclic amines) is 1. The molecule has 1 aromatic heterocycles. The van der Waals surface area contributed by atoms with Gasteiger partial charge in [0.2, 0.25) is 5.91 Å². The van der Waals surface area contributed by atoms with Crippen LogP contribution in [0.3, 0.4) is 0 Å². The average Bonchev–Trinajstić information content (AvgIpc) is 3.42. The second-order valence-electron chi connectivity index (χ2n) is 10.3. The number of carbonyl (C=O) groups excluding carboxylic acids is 3. The van der Waals surface area contributed by atoms with Crippen molar-refractivity contribution < 1.29 is 23.9 Å².